The van der Waals surface area contributed by atoms with Gasteiger partial charge in [-0.25, -0.2) is 9.59 Å². The van der Waals surface area contributed by atoms with Gasteiger partial charge in [-0.05, 0) is 49.2 Å². The molecule has 0 fully saturated rings. The number of carbonyl (C=O) groups is 1. The number of esters is 1. The minimum absolute atomic E-state index is 0.189. The Labute approximate surface area is 185 Å². The number of carbonyl (C=O) groups excluding carboxylic acids is 1. The fraction of sp³-hybridized carbons (Fsp3) is 0.280. The van der Waals surface area contributed by atoms with Gasteiger partial charge in [0, 0.05) is 0 Å². The van der Waals surface area contributed by atoms with Gasteiger partial charge in [0.25, 0.3) is 0 Å². The minimum Gasteiger partial charge on any atom is -0.493 e. The van der Waals surface area contributed by atoms with Gasteiger partial charge in [-0.2, -0.15) is 0 Å². The monoisotopic (exact) mass is 436 g/mol. The molecule has 32 heavy (non-hydrogen) atoms. The van der Waals surface area contributed by atoms with Crippen molar-refractivity contribution in [3.63, 3.8) is 0 Å². The summed E-state index contributed by atoms with van der Waals surface area (Å²) in [5.74, 6) is 0.0378. The number of hydrogen-bond donors (Lipinski definition) is 0. The predicted octanol–water partition coefficient (Wildman–Crippen LogP) is 4.21. The molecule has 2 heterocycles. The van der Waals surface area contributed by atoms with Gasteiger partial charge in [-0.3, -0.25) is 0 Å². The maximum atomic E-state index is 13.0. The molecular weight excluding hydrogens is 412 g/mol. The van der Waals surface area contributed by atoms with Gasteiger partial charge in [0.2, 0.25) is 6.10 Å². The predicted molar refractivity (Wildman–Crippen MR) is 119 cm³/mol. The Balaban J connectivity index is 1.86. The number of rotatable bonds is 7. The first-order valence-corrected chi connectivity index (χ1v) is 10.3. The highest BCUT2D eigenvalue weighted by Crippen LogP contribution is 2.46. The van der Waals surface area contributed by atoms with Gasteiger partial charge >= 0.3 is 11.6 Å². The molecule has 0 N–H and O–H groups in total. The Morgan fingerprint density at radius 3 is 2.66 bits per heavy atom. The van der Waals surface area contributed by atoms with Gasteiger partial charge in [-0.1, -0.05) is 24.8 Å². The lowest BCUT2D eigenvalue weighted by molar-refractivity contribution is -0.151. The van der Waals surface area contributed by atoms with Gasteiger partial charge in [-0.15, -0.1) is 0 Å². The minimum atomic E-state index is -1.04. The third kappa shape index (κ3) is 3.82. The average Bonchev–Trinajstić information content (AvgIpc) is 3.19. The lowest BCUT2D eigenvalue weighted by Gasteiger charge is -2.19. The molecule has 2 atom stereocenters. The lowest BCUT2D eigenvalue weighted by Crippen LogP contribution is -2.32. The van der Waals surface area contributed by atoms with Crippen molar-refractivity contribution in [3.8, 4) is 17.2 Å². The van der Waals surface area contributed by atoms with Gasteiger partial charge < -0.3 is 23.4 Å². The van der Waals surface area contributed by atoms with E-state index in [1.807, 2.05) is 13.0 Å². The Morgan fingerprint density at radius 2 is 1.94 bits per heavy atom. The molecule has 2 aromatic carbocycles. The topological polar surface area (TPSA) is 84.2 Å². The van der Waals surface area contributed by atoms with E-state index in [0.29, 0.717) is 40.4 Å². The van der Waals surface area contributed by atoms with Crippen LogP contribution in [0, 0.1) is 0 Å². The van der Waals surface area contributed by atoms with Crippen LogP contribution in [0.5, 0.6) is 17.2 Å². The number of ether oxygens (including phenoxy) is 4. The number of benzene rings is 2. The highest BCUT2D eigenvalue weighted by Gasteiger charge is 2.45. The zero-order valence-corrected chi connectivity index (χ0v) is 18.2. The van der Waals surface area contributed by atoms with Crippen molar-refractivity contribution in [1.29, 1.82) is 0 Å². The van der Waals surface area contributed by atoms with Crippen LogP contribution in [0.25, 0.3) is 11.0 Å². The molecule has 1 aliphatic heterocycles. The smallest absolute Gasteiger partial charge is 0.348 e. The molecule has 0 saturated heterocycles. The molecule has 166 valence electrons. The fourth-order valence-electron chi connectivity index (χ4n) is 3.83. The molecule has 7 heteroatoms. The molecule has 0 unspecified atom stereocenters. The van der Waals surface area contributed by atoms with E-state index in [9.17, 15) is 9.59 Å². The number of methoxy groups -OCH3 is 1. The third-order valence-corrected chi connectivity index (χ3v) is 5.20. The number of para-hydroxylation sites is 1. The molecule has 1 aromatic heterocycles. The standard InChI is InChI=1S/C25H24O7/c1-5-29-25(27)23-20(15-10-11-18(19(12-15)28-4)30-13-14(2)3)21-22(32-23)16-8-6-7-9-17(16)31-24(21)26/h6-12,20,23H,2,5,13H2,1,3-4H3/t20-,23-/m0/s1. The fourth-order valence-corrected chi connectivity index (χ4v) is 3.83. The molecule has 3 aromatic rings. The highest BCUT2D eigenvalue weighted by atomic mass is 16.6. The maximum absolute atomic E-state index is 13.0. The van der Waals surface area contributed by atoms with E-state index < -0.39 is 23.6 Å². The van der Waals surface area contributed by atoms with Gasteiger partial charge in [0.15, 0.2) is 11.5 Å². The van der Waals surface area contributed by atoms with Crippen LogP contribution in [0.15, 0.2) is 63.8 Å². The maximum Gasteiger partial charge on any atom is 0.348 e. The normalized spacial score (nSPS) is 16.8. The summed E-state index contributed by atoms with van der Waals surface area (Å²) in [6, 6.07) is 12.3. The zero-order chi connectivity index (χ0) is 22.8. The van der Waals surface area contributed by atoms with Crippen LogP contribution in [0.3, 0.4) is 0 Å². The molecule has 0 saturated carbocycles. The van der Waals surface area contributed by atoms with E-state index in [1.54, 1.807) is 43.3 Å². The Morgan fingerprint density at radius 1 is 1.16 bits per heavy atom. The van der Waals surface area contributed by atoms with Crippen molar-refractivity contribution in [1.82, 2.24) is 0 Å². The molecule has 4 rings (SSSR count). The van der Waals surface area contributed by atoms with Crippen molar-refractivity contribution >= 4 is 16.9 Å². The van der Waals surface area contributed by atoms with E-state index in [4.69, 9.17) is 23.4 Å². The van der Waals surface area contributed by atoms with Crippen molar-refractivity contribution in [2.24, 2.45) is 0 Å². The summed E-state index contributed by atoms with van der Waals surface area (Å²) in [6.45, 7) is 7.94. The molecule has 0 aliphatic carbocycles. The van der Waals surface area contributed by atoms with Crippen LogP contribution in [0.1, 0.15) is 30.9 Å². The van der Waals surface area contributed by atoms with Crippen molar-refractivity contribution in [3.05, 3.63) is 76.2 Å². The summed E-state index contributed by atoms with van der Waals surface area (Å²) < 4.78 is 28.1. The Hall–Kier alpha value is -3.74. The molecule has 1 aliphatic rings. The number of fused-ring (bicyclic) bond motifs is 3. The summed E-state index contributed by atoms with van der Waals surface area (Å²) in [5, 5.41) is 0.618. The lowest BCUT2D eigenvalue weighted by atomic mass is 9.88. The van der Waals surface area contributed by atoms with E-state index in [0.717, 1.165) is 5.57 Å². The van der Waals surface area contributed by atoms with Crippen LogP contribution < -0.4 is 19.8 Å². The van der Waals surface area contributed by atoms with Gasteiger partial charge in [0.1, 0.15) is 17.9 Å². The van der Waals surface area contributed by atoms with Gasteiger partial charge in [0.05, 0.1) is 30.6 Å². The van der Waals surface area contributed by atoms with E-state index in [2.05, 4.69) is 6.58 Å². The first kappa shape index (κ1) is 21.5. The Bertz CT molecular complexity index is 1240. The average molecular weight is 436 g/mol. The van der Waals surface area contributed by atoms with Crippen molar-refractivity contribution in [2.75, 3.05) is 20.3 Å². The first-order valence-electron chi connectivity index (χ1n) is 10.3. The summed E-state index contributed by atoms with van der Waals surface area (Å²) >= 11 is 0. The second-order valence-electron chi connectivity index (χ2n) is 7.55. The van der Waals surface area contributed by atoms with E-state index in [1.165, 1.54) is 7.11 Å². The molecule has 0 amide bonds. The highest BCUT2D eigenvalue weighted by molar-refractivity contribution is 5.88. The quantitative estimate of drug-likeness (QED) is 0.312. The van der Waals surface area contributed by atoms with E-state index >= 15 is 0 Å². The van der Waals surface area contributed by atoms with Crippen LogP contribution >= 0.6 is 0 Å². The molecule has 0 spiro atoms. The summed E-state index contributed by atoms with van der Waals surface area (Å²) in [5.41, 5.74) is 1.61. The summed E-state index contributed by atoms with van der Waals surface area (Å²) in [6.07, 6.45) is -1.04. The summed E-state index contributed by atoms with van der Waals surface area (Å²) in [7, 11) is 1.52. The first-order chi connectivity index (χ1) is 15.4. The second kappa shape index (κ2) is 8.78. The molecule has 7 nitrogen and oxygen atoms in total. The Kier molecular flexibility index (Phi) is 5.90. The van der Waals surface area contributed by atoms with Crippen LogP contribution in [-0.4, -0.2) is 32.4 Å². The summed E-state index contributed by atoms with van der Waals surface area (Å²) in [4.78, 5) is 25.8. The molecular formula is C25H24O7. The van der Waals surface area contributed by atoms with Crippen LogP contribution in [-0.2, 0) is 9.53 Å². The largest absolute Gasteiger partial charge is 0.493 e. The SMILES string of the molecule is C=C(C)COc1ccc([C@H]2c3c(c4ccccc4oc3=O)O[C@@H]2C(=O)OCC)cc1OC. The number of hydrogen-bond acceptors (Lipinski definition) is 7. The van der Waals surface area contributed by atoms with Crippen molar-refractivity contribution in [2.45, 2.75) is 25.9 Å². The second-order valence-corrected chi connectivity index (χ2v) is 7.55. The van der Waals surface area contributed by atoms with E-state index in [-0.39, 0.29) is 12.2 Å². The van der Waals surface area contributed by atoms with Crippen LogP contribution in [0.4, 0.5) is 0 Å². The molecule has 0 bridgehead atoms. The third-order valence-electron chi connectivity index (χ3n) is 5.20. The van der Waals surface area contributed by atoms with Crippen molar-refractivity contribution < 1.29 is 28.2 Å². The van der Waals surface area contributed by atoms with Crippen LogP contribution in [0.2, 0.25) is 0 Å². The molecule has 0 radical (unpaired) electrons. The zero-order valence-electron chi connectivity index (χ0n) is 18.2.